The lowest BCUT2D eigenvalue weighted by Crippen LogP contribution is -2.14. The molecule has 0 aromatic heterocycles. The molecule has 0 saturated carbocycles. The van der Waals surface area contributed by atoms with Crippen molar-refractivity contribution in [2.45, 2.75) is 13.2 Å². The van der Waals surface area contributed by atoms with E-state index in [2.05, 4.69) is 0 Å². The molecule has 582 valence electrons. The summed E-state index contributed by atoms with van der Waals surface area (Å²) in [5.74, 6) is 6.97. The van der Waals surface area contributed by atoms with Crippen LogP contribution in [0.4, 0.5) is 0 Å². The molecule has 0 amide bonds. The molecule has 106 heavy (non-hydrogen) atoms. The second kappa shape index (κ2) is 53.2. The van der Waals surface area contributed by atoms with Gasteiger partial charge in [-0.25, -0.2) is 0 Å². The standard InChI is InChI=1S/C80H106O26/c1-5-73-74-6-2-10-78(73)104-54-44-90-30-22-82-18-26-86-40-50-100-70-58-65(57-69(61-70)99-49-39-85-25-17-81-21-29-89-43-53-103-77(74)9-1)63-95-35-33-93-37-47-97-67-13-15-68(16-14-67)98-48-38-94-34-36-96-64-66-59-71-62-72(60-66)102-52-42-88-28-20-84-24-32-92-46-56-106-80-12-4-8-76-75(80)7-3-11-79(76)105-55-45-91-31-23-83-19-27-87-41-51-101-71/h1-16,57-62H,17-56,63-64H2. The highest BCUT2D eigenvalue weighted by atomic mass is 16.6. The molecule has 12 bridgehead atoms. The van der Waals surface area contributed by atoms with Gasteiger partial charge >= 0.3 is 0 Å². The van der Waals surface area contributed by atoms with Gasteiger partial charge in [-0.1, -0.05) is 48.5 Å². The van der Waals surface area contributed by atoms with E-state index in [0.29, 0.717) is 312 Å². The van der Waals surface area contributed by atoms with Crippen LogP contribution in [0.3, 0.4) is 0 Å². The van der Waals surface area contributed by atoms with Crippen molar-refractivity contribution in [2.24, 2.45) is 0 Å². The van der Waals surface area contributed by atoms with E-state index in [4.69, 9.17) is 123 Å². The van der Waals surface area contributed by atoms with Crippen molar-refractivity contribution in [1.82, 2.24) is 0 Å². The predicted octanol–water partition coefficient (Wildman–Crippen LogP) is 9.87. The molecule has 0 radical (unpaired) electrons. The molecule has 0 spiro atoms. The third-order valence-electron chi connectivity index (χ3n) is 15.6. The van der Waals surface area contributed by atoms with Gasteiger partial charge in [0.2, 0.25) is 0 Å². The Bertz CT molecular complexity index is 3020. The van der Waals surface area contributed by atoms with Gasteiger partial charge in [0, 0.05) is 33.7 Å². The van der Waals surface area contributed by atoms with Gasteiger partial charge in [-0.15, -0.1) is 0 Å². The van der Waals surface area contributed by atoms with Gasteiger partial charge in [-0.05, 0) is 83.9 Å². The molecule has 0 saturated heterocycles. The lowest BCUT2D eigenvalue weighted by Gasteiger charge is -2.14. The van der Waals surface area contributed by atoms with Crippen molar-refractivity contribution in [1.29, 1.82) is 0 Å². The number of hydrogen-bond acceptors (Lipinski definition) is 26. The Morgan fingerprint density at radius 2 is 0.406 bits per heavy atom. The fourth-order valence-electron chi connectivity index (χ4n) is 10.5. The van der Waals surface area contributed by atoms with Crippen molar-refractivity contribution in [3.05, 3.63) is 145 Å². The van der Waals surface area contributed by atoms with Crippen LogP contribution >= 0.6 is 0 Å². The Kier molecular flexibility index (Phi) is 41.4. The van der Waals surface area contributed by atoms with Crippen LogP contribution in [0.1, 0.15) is 11.1 Å². The molecule has 9 rings (SSSR count). The molecule has 2 heterocycles. The van der Waals surface area contributed by atoms with E-state index in [0.717, 1.165) is 55.7 Å². The summed E-state index contributed by atoms with van der Waals surface area (Å²) < 4.78 is 153. The summed E-state index contributed by atoms with van der Waals surface area (Å²) >= 11 is 0. The first-order valence-corrected chi connectivity index (χ1v) is 36.6. The van der Waals surface area contributed by atoms with Crippen LogP contribution in [-0.4, -0.2) is 264 Å². The molecular formula is C80H106O26. The quantitative estimate of drug-likeness (QED) is 0.0726. The van der Waals surface area contributed by atoms with Gasteiger partial charge in [0.05, 0.1) is 211 Å². The molecule has 7 aromatic carbocycles. The Balaban J connectivity index is 0.599. The Morgan fingerprint density at radius 3 is 0.651 bits per heavy atom. The second-order valence-electron chi connectivity index (χ2n) is 23.5. The SMILES string of the molecule is c1cc2c3cccc(c3c1)OCCOCCOCCOCCOc1cc(COCCOCCOc3ccc(OCCOCCOCc4cc5cc(c4)OCCOCCOCCOCCOc4cccc6c(cccc46)OCCOCCOCCOCCO5)cc3)cc(c1)OCCOCCOCCOCCO2. The van der Waals surface area contributed by atoms with Gasteiger partial charge in [-0.2, -0.15) is 0 Å². The summed E-state index contributed by atoms with van der Waals surface area (Å²) in [6.45, 7) is 16.6. The van der Waals surface area contributed by atoms with Crippen LogP contribution in [-0.2, 0) is 89.0 Å². The van der Waals surface area contributed by atoms with Gasteiger partial charge < -0.3 is 123 Å². The molecule has 2 aliphatic rings. The van der Waals surface area contributed by atoms with Crippen molar-refractivity contribution in [3.8, 4) is 57.5 Å². The van der Waals surface area contributed by atoms with E-state index in [9.17, 15) is 0 Å². The second-order valence-corrected chi connectivity index (χ2v) is 23.5. The minimum Gasteiger partial charge on any atom is -0.491 e. The summed E-state index contributed by atoms with van der Waals surface area (Å²) in [7, 11) is 0. The molecule has 26 nitrogen and oxygen atoms in total. The van der Waals surface area contributed by atoms with Crippen molar-refractivity contribution in [3.63, 3.8) is 0 Å². The van der Waals surface area contributed by atoms with E-state index in [1.807, 2.05) is 133 Å². The normalized spacial score (nSPS) is 17.3. The highest BCUT2D eigenvalue weighted by Crippen LogP contribution is 2.34. The Hall–Kier alpha value is -7.58. The van der Waals surface area contributed by atoms with E-state index in [1.165, 1.54) is 0 Å². The zero-order chi connectivity index (χ0) is 72.9. The summed E-state index contributed by atoms with van der Waals surface area (Å²) in [6.07, 6.45) is 0. The number of hydrogen-bond donors (Lipinski definition) is 0. The predicted molar refractivity (Wildman–Crippen MR) is 393 cm³/mol. The first kappa shape index (κ1) is 82.5. The van der Waals surface area contributed by atoms with E-state index >= 15 is 0 Å². The van der Waals surface area contributed by atoms with Gasteiger partial charge in [0.25, 0.3) is 0 Å². The van der Waals surface area contributed by atoms with Gasteiger partial charge in [-0.3, -0.25) is 0 Å². The van der Waals surface area contributed by atoms with E-state index < -0.39 is 0 Å². The first-order chi connectivity index (χ1) is 52.7. The van der Waals surface area contributed by atoms with Crippen LogP contribution in [0.5, 0.6) is 57.5 Å². The minimum absolute atomic E-state index is 0.319. The molecule has 0 N–H and O–H groups in total. The number of benzene rings is 7. The van der Waals surface area contributed by atoms with E-state index in [1.54, 1.807) is 0 Å². The number of rotatable bonds is 18. The highest BCUT2D eigenvalue weighted by molar-refractivity contribution is 5.94. The molecule has 0 unspecified atom stereocenters. The monoisotopic (exact) mass is 1480 g/mol. The maximum Gasteiger partial charge on any atom is 0.127 e. The lowest BCUT2D eigenvalue weighted by atomic mass is 10.1. The zero-order valence-electron chi connectivity index (χ0n) is 61.0. The average Bonchev–Trinajstić information content (AvgIpc) is 0.817. The molecule has 0 aliphatic carbocycles. The van der Waals surface area contributed by atoms with Crippen LogP contribution in [0, 0.1) is 0 Å². The first-order valence-electron chi connectivity index (χ1n) is 36.6. The molecule has 2 aliphatic heterocycles. The third kappa shape index (κ3) is 34.1. The zero-order valence-corrected chi connectivity index (χ0v) is 61.0. The fourth-order valence-corrected chi connectivity index (χ4v) is 10.5. The summed E-state index contributed by atoms with van der Waals surface area (Å²) in [4.78, 5) is 0. The molecule has 0 fully saturated rings. The van der Waals surface area contributed by atoms with Crippen LogP contribution in [0.2, 0.25) is 0 Å². The molecule has 7 aromatic rings. The minimum atomic E-state index is 0.319. The molecular weight excluding hydrogens is 1380 g/mol. The maximum absolute atomic E-state index is 6.08. The van der Waals surface area contributed by atoms with Gasteiger partial charge in [0.1, 0.15) is 124 Å². The summed E-state index contributed by atoms with van der Waals surface area (Å²) in [5, 5.41) is 3.86. The Morgan fingerprint density at radius 1 is 0.198 bits per heavy atom. The average molecular weight is 1480 g/mol. The molecule has 26 heteroatoms. The topological polar surface area (TPSA) is 240 Å². The van der Waals surface area contributed by atoms with Crippen LogP contribution in [0.15, 0.2) is 133 Å². The van der Waals surface area contributed by atoms with Gasteiger partial charge in [0.15, 0.2) is 0 Å². The van der Waals surface area contributed by atoms with Crippen molar-refractivity contribution in [2.75, 3.05) is 264 Å². The van der Waals surface area contributed by atoms with Crippen molar-refractivity contribution < 1.29 is 123 Å². The highest BCUT2D eigenvalue weighted by Gasteiger charge is 2.13. The molecule has 0 atom stereocenters. The lowest BCUT2D eigenvalue weighted by molar-refractivity contribution is 0.00474. The largest absolute Gasteiger partial charge is 0.491 e. The Labute approximate surface area is 621 Å². The number of ether oxygens (including phenoxy) is 26. The van der Waals surface area contributed by atoms with Crippen LogP contribution < -0.4 is 47.4 Å². The van der Waals surface area contributed by atoms with Crippen molar-refractivity contribution >= 4 is 21.5 Å². The summed E-state index contributed by atoms with van der Waals surface area (Å²) in [6, 6.07) is 42.5. The van der Waals surface area contributed by atoms with Crippen LogP contribution in [0.25, 0.3) is 21.5 Å². The smallest absolute Gasteiger partial charge is 0.127 e. The maximum atomic E-state index is 6.08. The third-order valence-corrected chi connectivity index (χ3v) is 15.6. The summed E-state index contributed by atoms with van der Waals surface area (Å²) in [5.41, 5.74) is 1.75. The van der Waals surface area contributed by atoms with E-state index in [-0.39, 0.29) is 0 Å². The number of fused-ring (bicyclic) bond motifs is 4. The fraction of sp³-hybridized carbons (Fsp3) is 0.525.